The summed E-state index contributed by atoms with van der Waals surface area (Å²) in [5.74, 6) is 0. The second kappa shape index (κ2) is 1.74. The maximum absolute atomic E-state index is 8.98. The molecule has 0 aliphatic heterocycles. The minimum absolute atomic E-state index is 1.23. The SMILES string of the molecule is [B]C(C)(O)C(C)(C)O. The molecule has 1 atom stereocenters. The van der Waals surface area contributed by atoms with Crippen molar-refractivity contribution in [3.8, 4) is 0 Å². The predicted molar refractivity (Wildman–Crippen MR) is 32.7 cm³/mol. The first kappa shape index (κ1) is 7.98. The summed E-state index contributed by atoms with van der Waals surface area (Å²) >= 11 is 0. The second-order valence-electron chi connectivity index (χ2n) is 2.71. The van der Waals surface area contributed by atoms with Crippen molar-refractivity contribution >= 4 is 7.85 Å². The second-order valence-corrected chi connectivity index (χ2v) is 2.71. The number of rotatable bonds is 1. The summed E-state index contributed by atoms with van der Waals surface area (Å²) in [6.45, 7) is 4.26. The average Bonchev–Trinajstić information content (AvgIpc) is 1.25. The molecular weight excluding hydrogens is 103 g/mol. The molecule has 0 rings (SSSR count). The van der Waals surface area contributed by atoms with E-state index in [0.717, 1.165) is 0 Å². The van der Waals surface area contributed by atoms with E-state index in [1.807, 2.05) is 0 Å². The molecule has 0 spiro atoms. The van der Waals surface area contributed by atoms with Gasteiger partial charge < -0.3 is 10.2 Å². The Bertz CT molecular complexity index is 65.4. The highest BCUT2D eigenvalue weighted by molar-refractivity contribution is 6.14. The zero-order valence-corrected chi connectivity index (χ0v) is 5.47. The van der Waals surface area contributed by atoms with Crippen molar-refractivity contribution in [3.05, 3.63) is 0 Å². The highest BCUT2D eigenvalue weighted by atomic mass is 16.3. The zero-order chi connectivity index (χ0) is 7.00. The first-order valence-corrected chi connectivity index (χ1v) is 2.49. The van der Waals surface area contributed by atoms with E-state index >= 15 is 0 Å². The Hall–Kier alpha value is -0.0151. The fourth-order valence-corrected chi connectivity index (χ4v) is 0. The van der Waals surface area contributed by atoms with Gasteiger partial charge in [0, 0.05) is 5.50 Å². The minimum atomic E-state index is -1.51. The van der Waals surface area contributed by atoms with Crippen LogP contribution in [0.5, 0.6) is 0 Å². The van der Waals surface area contributed by atoms with E-state index in [1.165, 1.54) is 20.8 Å². The molecular formula is C5H11BO2. The highest BCUT2D eigenvalue weighted by Crippen LogP contribution is 2.15. The fraction of sp³-hybridized carbons (Fsp3) is 1.00. The lowest BCUT2D eigenvalue weighted by molar-refractivity contribution is -0.0662. The molecule has 0 aromatic heterocycles. The lowest BCUT2D eigenvalue weighted by Gasteiger charge is -2.32. The highest BCUT2D eigenvalue weighted by Gasteiger charge is 2.31. The molecule has 0 fully saturated rings. The van der Waals surface area contributed by atoms with Gasteiger partial charge in [0.25, 0.3) is 0 Å². The summed E-state index contributed by atoms with van der Waals surface area (Å²) in [4.78, 5) is 0. The van der Waals surface area contributed by atoms with Gasteiger partial charge in [-0.3, -0.25) is 0 Å². The maximum Gasteiger partial charge on any atom is 0.116 e. The van der Waals surface area contributed by atoms with Gasteiger partial charge in [0.05, 0.1) is 5.60 Å². The quantitative estimate of drug-likeness (QED) is 0.456. The molecule has 2 radical (unpaired) electrons. The van der Waals surface area contributed by atoms with E-state index in [-0.39, 0.29) is 0 Å². The molecule has 0 amide bonds. The molecule has 0 bridgehead atoms. The first-order chi connectivity index (χ1) is 3.25. The van der Waals surface area contributed by atoms with E-state index in [4.69, 9.17) is 18.1 Å². The van der Waals surface area contributed by atoms with E-state index in [9.17, 15) is 0 Å². The van der Waals surface area contributed by atoms with Crippen molar-refractivity contribution in [2.24, 2.45) is 0 Å². The van der Waals surface area contributed by atoms with Crippen LogP contribution in [0.25, 0.3) is 0 Å². The summed E-state index contributed by atoms with van der Waals surface area (Å²) in [7, 11) is 5.12. The molecule has 0 saturated carbocycles. The van der Waals surface area contributed by atoms with Crippen LogP contribution in [-0.4, -0.2) is 29.2 Å². The van der Waals surface area contributed by atoms with Gasteiger partial charge in [0.15, 0.2) is 0 Å². The molecule has 46 valence electrons. The Kier molecular flexibility index (Phi) is 1.74. The van der Waals surface area contributed by atoms with Gasteiger partial charge in [0.2, 0.25) is 0 Å². The summed E-state index contributed by atoms with van der Waals surface area (Å²) in [5.41, 5.74) is -2.74. The first-order valence-electron chi connectivity index (χ1n) is 2.49. The maximum atomic E-state index is 8.98. The lowest BCUT2D eigenvalue weighted by atomic mass is 9.72. The Balaban J connectivity index is 4.02. The molecule has 0 heterocycles. The smallest absolute Gasteiger partial charge is 0.116 e. The van der Waals surface area contributed by atoms with Crippen LogP contribution < -0.4 is 0 Å². The number of hydrogen-bond acceptors (Lipinski definition) is 2. The van der Waals surface area contributed by atoms with E-state index in [0.29, 0.717) is 0 Å². The van der Waals surface area contributed by atoms with Crippen molar-refractivity contribution in [3.63, 3.8) is 0 Å². The van der Waals surface area contributed by atoms with Crippen LogP contribution >= 0.6 is 0 Å². The Morgan fingerprint density at radius 1 is 1.12 bits per heavy atom. The van der Waals surface area contributed by atoms with Crippen molar-refractivity contribution in [1.29, 1.82) is 0 Å². The van der Waals surface area contributed by atoms with Gasteiger partial charge in [-0.2, -0.15) is 0 Å². The Labute approximate surface area is 50.9 Å². The van der Waals surface area contributed by atoms with Crippen LogP contribution in [0.3, 0.4) is 0 Å². The average molecular weight is 114 g/mol. The Morgan fingerprint density at radius 2 is 1.25 bits per heavy atom. The molecule has 0 saturated heterocycles. The van der Waals surface area contributed by atoms with Gasteiger partial charge in [-0.05, 0) is 20.8 Å². The van der Waals surface area contributed by atoms with Gasteiger partial charge >= 0.3 is 0 Å². The third-order valence-corrected chi connectivity index (χ3v) is 1.24. The molecule has 2 N–H and O–H groups in total. The summed E-state index contributed by atoms with van der Waals surface area (Å²) < 4.78 is 0. The van der Waals surface area contributed by atoms with Crippen LogP contribution in [0.2, 0.25) is 0 Å². The van der Waals surface area contributed by atoms with Gasteiger partial charge in [-0.25, -0.2) is 0 Å². The lowest BCUT2D eigenvalue weighted by Crippen LogP contribution is -2.47. The van der Waals surface area contributed by atoms with Crippen molar-refractivity contribution in [1.82, 2.24) is 0 Å². The molecule has 0 aromatic carbocycles. The van der Waals surface area contributed by atoms with Crippen LogP contribution in [0.15, 0.2) is 0 Å². The molecule has 8 heavy (non-hydrogen) atoms. The van der Waals surface area contributed by atoms with Crippen LogP contribution in [0, 0.1) is 0 Å². The molecule has 0 aromatic rings. The largest absolute Gasteiger partial charge is 0.397 e. The monoisotopic (exact) mass is 114 g/mol. The van der Waals surface area contributed by atoms with Crippen molar-refractivity contribution in [2.45, 2.75) is 31.9 Å². The minimum Gasteiger partial charge on any atom is -0.397 e. The number of aliphatic hydroxyl groups is 2. The van der Waals surface area contributed by atoms with Gasteiger partial charge in [-0.1, -0.05) is 0 Å². The molecule has 3 heteroatoms. The zero-order valence-electron chi connectivity index (χ0n) is 5.47. The standard InChI is InChI=1S/C5H11BO2/c1-4(2,7)5(3,6)8/h7-8H,1-3H3. The van der Waals surface area contributed by atoms with Gasteiger partial charge in [0.1, 0.15) is 7.85 Å². The van der Waals surface area contributed by atoms with E-state index in [1.54, 1.807) is 0 Å². The Morgan fingerprint density at radius 3 is 1.25 bits per heavy atom. The fourth-order valence-electron chi connectivity index (χ4n) is 0. The van der Waals surface area contributed by atoms with E-state index in [2.05, 4.69) is 0 Å². The van der Waals surface area contributed by atoms with Crippen LogP contribution in [0.1, 0.15) is 20.8 Å². The summed E-state index contributed by atoms with van der Waals surface area (Å²) in [6.07, 6.45) is 0. The molecule has 0 aliphatic rings. The topological polar surface area (TPSA) is 40.5 Å². The molecule has 0 aliphatic carbocycles. The normalized spacial score (nSPS) is 20.1. The summed E-state index contributed by atoms with van der Waals surface area (Å²) in [6, 6.07) is 0. The van der Waals surface area contributed by atoms with Crippen LogP contribution in [0.4, 0.5) is 0 Å². The summed E-state index contributed by atoms with van der Waals surface area (Å²) in [5, 5.41) is 17.9. The van der Waals surface area contributed by atoms with Crippen LogP contribution in [-0.2, 0) is 0 Å². The third kappa shape index (κ3) is 1.84. The predicted octanol–water partition coefficient (Wildman–Crippen LogP) is -0.366. The number of hydrogen-bond donors (Lipinski definition) is 2. The van der Waals surface area contributed by atoms with E-state index < -0.39 is 11.1 Å². The molecule has 1 unspecified atom stereocenters. The molecule has 2 nitrogen and oxygen atoms in total. The van der Waals surface area contributed by atoms with Crippen molar-refractivity contribution < 1.29 is 10.2 Å². The van der Waals surface area contributed by atoms with Gasteiger partial charge in [-0.15, -0.1) is 0 Å². The van der Waals surface area contributed by atoms with Crippen molar-refractivity contribution in [2.75, 3.05) is 0 Å². The third-order valence-electron chi connectivity index (χ3n) is 1.24.